The van der Waals surface area contributed by atoms with E-state index in [0.29, 0.717) is 13.0 Å². The van der Waals surface area contributed by atoms with Crippen molar-refractivity contribution in [1.29, 1.82) is 0 Å². The van der Waals surface area contributed by atoms with Crippen molar-refractivity contribution in [3.05, 3.63) is 0 Å². The lowest BCUT2D eigenvalue weighted by molar-refractivity contribution is -0.129. The molecule has 2 amide bonds. The Labute approximate surface area is 126 Å². The fraction of sp³-hybridized carbons (Fsp3) is 0.800. The Hall–Kier alpha value is -1.59. The zero-order valence-corrected chi connectivity index (χ0v) is 13.6. The number of carbonyl (C=O) groups is 3. The van der Waals surface area contributed by atoms with Gasteiger partial charge >= 0.3 is 6.09 Å². The molecular formula is C15H26N2O4. The van der Waals surface area contributed by atoms with Crippen LogP contribution in [0.3, 0.4) is 0 Å². The van der Waals surface area contributed by atoms with Crippen LogP contribution in [-0.2, 0) is 14.3 Å². The van der Waals surface area contributed by atoms with Gasteiger partial charge in [0.05, 0.1) is 6.54 Å². The fourth-order valence-corrected chi connectivity index (χ4v) is 2.07. The molecule has 0 aromatic carbocycles. The Balaban J connectivity index is 2.58. The molecule has 21 heavy (non-hydrogen) atoms. The summed E-state index contributed by atoms with van der Waals surface area (Å²) >= 11 is 0. The Morgan fingerprint density at radius 2 is 1.90 bits per heavy atom. The van der Waals surface area contributed by atoms with E-state index in [0.717, 1.165) is 6.42 Å². The van der Waals surface area contributed by atoms with E-state index in [1.807, 2.05) is 0 Å². The third-order valence-corrected chi connectivity index (χ3v) is 3.26. The number of hydrogen-bond donors (Lipinski definition) is 1. The maximum absolute atomic E-state index is 12.1. The summed E-state index contributed by atoms with van der Waals surface area (Å²) in [6.07, 6.45) is 0.881. The van der Waals surface area contributed by atoms with E-state index in [-0.39, 0.29) is 24.2 Å². The van der Waals surface area contributed by atoms with Crippen LogP contribution in [0, 0.1) is 5.92 Å². The average molecular weight is 298 g/mol. The van der Waals surface area contributed by atoms with Crippen molar-refractivity contribution in [2.24, 2.45) is 5.92 Å². The third kappa shape index (κ3) is 5.36. The SMILES string of the molecule is CC(C)C(=O)CNC(=O)C1CCCN1C(=O)OC(C)(C)C. The highest BCUT2D eigenvalue weighted by atomic mass is 16.6. The molecule has 0 aromatic rings. The molecule has 1 unspecified atom stereocenters. The summed E-state index contributed by atoms with van der Waals surface area (Å²) in [4.78, 5) is 37.2. The first-order chi connectivity index (χ1) is 9.61. The number of carbonyl (C=O) groups excluding carboxylic acids is 3. The molecule has 0 bridgehead atoms. The van der Waals surface area contributed by atoms with Gasteiger partial charge in [-0.1, -0.05) is 13.8 Å². The van der Waals surface area contributed by atoms with Gasteiger partial charge in [0, 0.05) is 12.5 Å². The summed E-state index contributed by atoms with van der Waals surface area (Å²) < 4.78 is 5.31. The number of rotatable bonds is 4. The topological polar surface area (TPSA) is 75.7 Å². The summed E-state index contributed by atoms with van der Waals surface area (Å²) in [6.45, 7) is 9.46. The van der Waals surface area contributed by atoms with Crippen molar-refractivity contribution < 1.29 is 19.1 Å². The number of ketones is 1. The lowest BCUT2D eigenvalue weighted by Gasteiger charge is -2.28. The van der Waals surface area contributed by atoms with Gasteiger partial charge in [0.15, 0.2) is 5.78 Å². The van der Waals surface area contributed by atoms with Crippen LogP contribution in [-0.4, -0.2) is 47.4 Å². The molecule has 6 heteroatoms. The van der Waals surface area contributed by atoms with Gasteiger partial charge < -0.3 is 10.1 Å². The van der Waals surface area contributed by atoms with Gasteiger partial charge in [-0.15, -0.1) is 0 Å². The van der Waals surface area contributed by atoms with Gasteiger partial charge in [-0.25, -0.2) is 4.79 Å². The molecule has 1 atom stereocenters. The van der Waals surface area contributed by atoms with Crippen molar-refractivity contribution in [2.75, 3.05) is 13.1 Å². The molecule has 1 heterocycles. The second kappa shape index (κ2) is 6.91. The van der Waals surface area contributed by atoms with Gasteiger partial charge in [-0.05, 0) is 33.6 Å². The number of hydrogen-bond acceptors (Lipinski definition) is 4. The minimum Gasteiger partial charge on any atom is -0.444 e. The number of nitrogens with one attached hydrogen (secondary N) is 1. The first-order valence-corrected chi connectivity index (χ1v) is 7.42. The van der Waals surface area contributed by atoms with E-state index in [4.69, 9.17) is 4.74 Å². The number of nitrogens with zero attached hydrogens (tertiary/aromatic N) is 1. The van der Waals surface area contributed by atoms with Crippen LogP contribution >= 0.6 is 0 Å². The van der Waals surface area contributed by atoms with Crippen molar-refractivity contribution in [3.63, 3.8) is 0 Å². The molecular weight excluding hydrogens is 272 g/mol. The summed E-state index contributed by atoms with van der Waals surface area (Å²) in [5, 5.41) is 2.62. The van der Waals surface area contributed by atoms with E-state index in [1.165, 1.54) is 4.90 Å². The van der Waals surface area contributed by atoms with Crippen molar-refractivity contribution in [1.82, 2.24) is 10.2 Å². The molecule has 1 N–H and O–H groups in total. The van der Waals surface area contributed by atoms with Crippen LogP contribution in [0.4, 0.5) is 4.79 Å². The number of ether oxygens (including phenoxy) is 1. The van der Waals surface area contributed by atoms with Crippen molar-refractivity contribution in [3.8, 4) is 0 Å². The van der Waals surface area contributed by atoms with Gasteiger partial charge in [-0.2, -0.15) is 0 Å². The van der Waals surface area contributed by atoms with Crippen molar-refractivity contribution in [2.45, 2.75) is 59.1 Å². The van der Waals surface area contributed by atoms with Crippen LogP contribution in [0.15, 0.2) is 0 Å². The zero-order chi connectivity index (χ0) is 16.2. The maximum Gasteiger partial charge on any atom is 0.410 e. The number of Topliss-reactive ketones (excluding diaryl/α,β-unsaturated/α-hetero) is 1. The van der Waals surface area contributed by atoms with Crippen LogP contribution in [0.25, 0.3) is 0 Å². The molecule has 0 spiro atoms. The lowest BCUT2D eigenvalue weighted by atomic mass is 10.1. The normalized spacial score (nSPS) is 18.8. The van der Waals surface area contributed by atoms with E-state index in [1.54, 1.807) is 34.6 Å². The Kier molecular flexibility index (Phi) is 5.75. The minimum absolute atomic E-state index is 0.00909. The van der Waals surface area contributed by atoms with Gasteiger partial charge in [0.2, 0.25) is 5.91 Å². The molecule has 120 valence electrons. The maximum atomic E-state index is 12.1. The Morgan fingerprint density at radius 3 is 2.43 bits per heavy atom. The van der Waals surface area contributed by atoms with Crippen LogP contribution in [0.2, 0.25) is 0 Å². The van der Waals surface area contributed by atoms with Gasteiger partial charge in [0.1, 0.15) is 11.6 Å². The fourth-order valence-electron chi connectivity index (χ4n) is 2.07. The van der Waals surface area contributed by atoms with Crippen LogP contribution in [0.5, 0.6) is 0 Å². The number of amides is 2. The van der Waals surface area contributed by atoms with Crippen LogP contribution < -0.4 is 5.32 Å². The summed E-state index contributed by atoms with van der Waals surface area (Å²) in [5.74, 6) is -0.423. The Morgan fingerprint density at radius 1 is 1.29 bits per heavy atom. The Bertz CT molecular complexity index is 412. The smallest absolute Gasteiger partial charge is 0.410 e. The summed E-state index contributed by atoms with van der Waals surface area (Å²) in [5.41, 5.74) is -0.589. The molecule has 0 aromatic heterocycles. The molecule has 0 aliphatic carbocycles. The van der Waals surface area contributed by atoms with E-state index >= 15 is 0 Å². The van der Waals surface area contributed by atoms with E-state index < -0.39 is 17.7 Å². The standard InChI is InChI=1S/C15H26N2O4/c1-10(2)12(18)9-16-13(19)11-7-6-8-17(11)14(20)21-15(3,4)5/h10-11H,6-9H2,1-5H3,(H,16,19). The molecule has 0 radical (unpaired) electrons. The largest absolute Gasteiger partial charge is 0.444 e. The second-order valence-corrected chi connectivity index (χ2v) is 6.67. The molecule has 0 saturated carbocycles. The second-order valence-electron chi connectivity index (χ2n) is 6.67. The van der Waals surface area contributed by atoms with Gasteiger partial charge in [0.25, 0.3) is 0 Å². The summed E-state index contributed by atoms with van der Waals surface area (Å²) in [7, 11) is 0. The van der Waals surface area contributed by atoms with Crippen LogP contribution in [0.1, 0.15) is 47.5 Å². The predicted octanol–water partition coefficient (Wildman–Crippen LogP) is 1.73. The first kappa shape index (κ1) is 17.5. The third-order valence-electron chi connectivity index (χ3n) is 3.26. The lowest BCUT2D eigenvalue weighted by Crippen LogP contribution is -2.48. The molecule has 6 nitrogen and oxygen atoms in total. The molecule has 1 saturated heterocycles. The van der Waals surface area contributed by atoms with E-state index in [9.17, 15) is 14.4 Å². The average Bonchev–Trinajstić information content (AvgIpc) is 2.82. The van der Waals surface area contributed by atoms with E-state index in [2.05, 4.69) is 5.32 Å². The highest BCUT2D eigenvalue weighted by molar-refractivity contribution is 5.91. The molecule has 1 aliphatic heterocycles. The molecule has 1 aliphatic rings. The van der Waals surface area contributed by atoms with Gasteiger partial charge in [-0.3, -0.25) is 14.5 Å². The zero-order valence-electron chi connectivity index (χ0n) is 13.6. The first-order valence-electron chi connectivity index (χ1n) is 7.42. The highest BCUT2D eigenvalue weighted by Gasteiger charge is 2.36. The highest BCUT2D eigenvalue weighted by Crippen LogP contribution is 2.20. The molecule has 1 fully saturated rings. The molecule has 1 rings (SSSR count). The predicted molar refractivity (Wildman–Crippen MR) is 78.8 cm³/mol. The monoisotopic (exact) mass is 298 g/mol. The minimum atomic E-state index is -0.589. The number of likely N-dealkylation sites (tertiary alicyclic amines) is 1. The quantitative estimate of drug-likeness (QED) is 0.857. The summed E-state index contributed by atoms with van der Waals surface area (Å²) in [6, 6.07) is -0.542. The van der Waals surface area contributed by atoms with Crippen molar-refractivity contribution >= 4 is 17.8 Å².